The quantitative estimate of drug-likeness (QED) is 0.630. The van der Waals surface area contributed by atoms with Gasteiger partial charge < -0.3 is 10.4 Å². The van der Waals surface area contributed by atoms with Crippen molar-refractivity contribution in [1.82, 2.24) is 5.32 Å². The topological polar surface area (TPSA) is 49.3 Å². The molecule has 0 heterocycles. The van der Waals surface area contributed by atoms with Gasteiger partial charge in [-0.15, -0.1) is 0 Å². The summed E-state index contributed by atoms with van der Waals surface area (Å²) in [5.41, 5.74) is 0. The number of carbonyl (C=O) groups is 1. The number of thioether (sulfide) groups is 1. The van der Waals surface area contributed by atoms with Gasteiger partial charge in [0.1, 0.15) is 6.04 Å². The molecule has 0 aliphatic heterocycles. The van der Waals surface area contributed by atoms with E-state index in [4.69, 9.17) is 5.11 Å². The van der Waals surface area contributed by atoms with Crippen molar-refractivity contribution < 1.29 is 9.90 Å². The molecule has 4 heteroatoms. The van der Waals surface area contributed by atoms with Gasteiger partial charge in [0.25, 0.3) is 0 Å². The summed E-state index contributed by atoms with van der Waals surface area (Å²) in [4.78, 5) is 10.5. The normalized spacial score (nSPS) is 12.9. The van der Waals surface area contributed by atoms with Gasteiger partial charge in [-0.3, -0.25) is 4.79 Å². The Morgan fingerprint density at radius 2 is 2.36 bits per heavy atom. The molecule has 1 atom stereocenters. The molecule has 0 bridgehead atoms. The highest BCUT2D eigenvalue weighted by Crippen LogP contribution is 2.00. The highest BCUT2D eigenvalue weighted by Gasteiger charge is 2.14. The zero-order chi connectivity index (χ0) is 8.69. The number of likely N-dealkylation sites (N-methyl/N-ethyl adjacent to an activating group) is 1. The first kappa shape index (κ1) is 10.8. The van der Waals surface area contributed by atoms with E-state index in [1.165, 1.54) is 0 Å². The Labute approximate surface area is 71.6 Å². The average molecular weight is 177 g/mol. The SMILES string of the molecule is CCN[C@@H](CCSC)C(=O)O. The van der Waals surface area contributed by atoms with Crippen molar-refractivity contribution in [1.29, 1.82) is 0 Å². The lowest BCUT2D eigenvalue weighted by atomic mass is 10.2. The average Bonchev–Trinajstić information content (AvgIpc) is 1.97. The van der Waals surface area contributed by atoms with Crippen molar-refractivity contribution in [2.45, 2.75) is 19.4 Å². The van der Waals surface area contributed by atoms with Crippen molar-refractivity contribution in [3.63, 3.8) is 0 Å². The second-order valence-corrected chi connectivity index (χ2v) is 3.22. The zero-order valence-corrected chi connectivity index (χ0v) is 7.78. The summed E-state index contributed by atoms with van der Waals surface area (Å²) >= 11 is 1.67. The van der Waals surface area contributed by atoms with E-state index >= 15 is 0 Å². The fourth-order valence-corrected chi connectivity index (χ4v) is 1.27. The number of aliphatic carboxylic acids is 1. The molecule has 0 fully saturated rings. The maximum absolute atomic E-state index is 10.5. The first-order valence-corrected chi connectivity index (χ1v) is 5.06. The molecule has 0 aliphatic rings. The van der Waals surface area contributed by atoms with Gasteiger partial charge in [0.2, 0.25) is 0 Å². The molecular formula is C7H15NO2S. The molecule has 0 aliphatic carbocycles. The van der Waals surface area contributed by atoms with Gasteiger partial charge in [0.05, 0.1) is 0 Å². The summed E-state index contributed by atoms with van der Waals surface area (Å²) in [6.07, 6.45) is 2.68. The maximum atomic E-state index is 10.5. The van der Waals surface area contributed by atoms with Crippen LogP contribution >= 0.6 is 11.8 Å². The molecule has 0 aromatic rings. The van der Waals surface area contributed by atoms with Crippen molar-refractivity contribution >= 4 is 17.7 Å². The summed E-state index contributed by atoms with van der Waals surface area (Å²) in [5.74, 6) is 0.144. The highest BCUT2D eigenvalue weighted by molar-refractivity contribution is 7.98. The molecule has 11 heavy (non-hydrogen) atoms. The zero-order valence-electron chi connectivity index (χ0n) is 6.96. The molecule has 2 N–H and O–H groups in total. The van der Waals surface area contributed by atoms with Crippen LogP contribution in [0.4, 0.5) is 0 Å². The highest BCUT2D eigenvalue weighted by atomic mass is 32.2. The van der Waals surface area contributed by atoms with E-state index in [9.17, 15) is 4.79 Å². The summed E-state index contributed by atoms with van der Waals surface area (Å²) in [6, 6.07) is -0.368. The number of nitrogens with one attached hydrogen (secondary N) is 1. The molecule has 0 amide bonds. The van der Waals surface area contributed by atoms with E-state index in [-0.39, 0.29) is 6.04 Å². The van der Waals surface area contributed by atoms with Gasteiger partial charge >= 0.3 is 5.97 Å². The van der Waals surface area contributed by atoms with E-state index in [0.717, 1.165) is 5.75 Å². The summed E-state index contributed by atoms with van der Waals surface area (Å²) < 4.78 is 0. The van der Waals surface area contributed by atoms with Crippen molar-refractivity contribution in [3.05, 3.63) is 0 Å². The lowest BCUT2D eigenvalue weighted by molar-refractivity contribution is -0.139. The van der Waals surface area contributed by atoms with Crippen LogP contribution in [0, 0.1) is 0 Å². The van der Waals surface area contributed by atoms with E-state index < -0.39 is 5.97 Å². The van der Waals surface area contributed by atoms with Crippen LogP contribution in [0.2, 0.25) is 0 Å². The number of carboxylic acids is 1. The fraction of sp³-hybridized carbons (Fsp3) is 0.857. The monoisotopic (exact) mass is 177 g/mol. The lowest BCUT2D eigenvalue weighted by Gasteiger charge is -2.11. The molecule has 66 valence electrons. The first-order valence-electron chi connectivity index (χ1n) is 3.67. The predicted molar refractivity (Wildman–Crippen MR) is 48.1 cm³/mol. The van der Waals surface area contributed by atoms with E-state index in [1.807, 2.05) is 13.2 Å². The summed E-state index contributed by atoms with van der Waals surface area (Å²) in [7, 11) is 0. The molecule has 0 spiro atoms. The van der Waals surface area contributed by atoms with Crippen LogP contribution < -0.4 is 5.32 Å². The van der Waals surface area contributed by atoms with E-state index in [2.05, 4.69) is 5.32 Å². The Morgan fingerprint density at radius 1 is 1.73 bits per heavy atom. The van der Waals surface area contributed by atoms with Crippen LogP contribution in [0.1, 0.15) is 13.3 Å². The van der Waals surface area contributed by atoms with Gasteiger partial charge in [-0.25, -0.2) is 0 Å². The first-order chi connectivity index (χ1) is 5.22. The van der Waals surface area contributed by atoms with Crippen LogP contribution in [0.3, 0.4) is 0 Å². The van der Waals surface area contributed by atoms with Crippen LogP contribution in [0.5, 0.6) is 0 Å². The molecular weight excluding hydrogens is 162 g/mol. The molecule has 0 aromatic heterocycles. The van der Waals surface area contributed by atoms with Crippen LogP contribution in [-0.2, 0) is 4.79 Å². The standard InChI is InChI=1S/C7H15NO2S/c1-3-8-6(7(9)10)4-5-11-2/h6,8H,3-5H2,1-2H3,(H,9,10)/t6-/m0/s1. The minimum absolute atomic E-state index is 0.368. The molecule has 0 unspecified atom stereocenters. The molecule has 0 radical (unpaired) electrons. The third-order valence-electron chi connectivity index (χ3n) is 1.36. The molecule has 3 nitrogen and oxygen atoms in total. The van der Waals surface area contributed by atoms with Gasteiger partial charge in [-0.05, 0) is 25.0 Å². The fourth-order valence-electron chi connectivity index (χ4n) is 0.795. The van der Waals surface area contributed by atoms with Gasteiger partial charge in [0.15, 0.2) is 0 Å². The van der Waals surface area contributed by atoms with Crippen LogP contribution in [-0.4, -0.2) is 35.7 Å². The number of hydrogen-bond acceptors (Lipinski definition) is 3. The third kappa shape index (κ3) is 5.09. The Bertz CT molecular complexity index is 119. The van der Waals surface area contributed by atoms with E-state index in [1.54, 1.807) is 11.8 Å². The van der Waals surface area contributed by atoms with Crippen molar-refractivity contribution in [3.8, 4) is 0 Å². The maximum Gasteiger partial charge on any atom is 0.320 e. The number of hydrogen-bond donors (Lipinski definition) is 2. The largest absolute Gasteiger partial charge is 0.480 e. The van der Waals surface area contributed by atoms with Crippen molar-refractivity contribution in [2.75, 3.05) is 18.6 Å². The van der Waals surface area contributed by atoms with E-state index in [0.29, 0.717) is 13.0 Å². The minimum Gasteiger partial charge on any atom is -0.480 e. The van der Waals surface area contributed by atoms with Crippen LogP contribution in [0.25, 0.3) is 0 Å². The lowest BCUT2D eigenvalue weighted by Crippen LogP contribution is -2.36. The molecule has 0 saturated heterocycles. The van der Waals surface area contributed by atoms with Gasteiger partial charge in [-0.2, -0.15) is 11.8 Å². The Morgan fingerprint density at radius 3 is 2.73 bits per heavy atom. The Balaban J connectivity index is 3.60. The van der Waals surface area contributed by atoms with Gasteiger partial charge in [0, 0.05) is 0 Å². The Kier molecular flexibility index (Phi) is 6.36. The molecule has 0 saturated carbocycles. The summed E-state index contributed by atoms with van der Waals surface area (Å²) in [6.45, 7) is 2.63. The van der Waals surface area contributed by atoms with Gasteiger partial charge in [-0.1, -0.05) is 6.92 Å². The smallest absolute Gasteiger partial charge is 0.320 e. The van der Waals surface area contributed by atoms with Crippen LogP contribution in [0.15, 0.2) is 0 Å². The molecule has 0 aromatic carbocycles. The second kappa shape index (κ2) is 6.49. The number of rotatable bonds is 6. The van der Waals surface area contributed by atoms with Crippen molar-refractivity contribution in [2.24, 2.45) is 0 Å². The number of carboxylic acid groups (broad SMARTS) is 1. The second-order valence-electron chi connectivity index (χ2n) is 2.23. The summed E-state index contributed by atoms with van der Waals surface area (Å²) in [5, 5.41) is 11.6. The predicted octanol–water partition coefficient (Wildman–Crippen LogP) is 0.802. The Hall–Kier alpha value is -0.220. The minimum atomic E-state index is -0.749. The third-order valence-corrected chi connectivity index (χ3v) is 2.00. The molecule has 0 rings (SSSR count).